The standard InChI is InChI=1S/C34H34N2O2/c1-25(22-31(26-14-6-2-7-15-26)27-16-8-3-9-17-27)35-30-23-32(34(37)38)36(24-30)33(28-18-10-4-11-19-28)29-20-12-5-13-21-29/h2-21,30-33,35H,1,22-24H2,(H,37,38)/t30-,32-/m0/s1. The van der Waals surface area contributed by atoms with Gasteiger partial charge in [-0.2, -0.15) is 0 Å². The number of allylic oxidation sites excluding steroid dienone is 1. The minimum Gasteiger partial charge on any atom is -0.480 e. The van der Waals surface area contributed by atoms with Crippen molar-refractivity contribution in [1.29, 1.82) is 0 Å². The highest BCUT2D eigenvalue weighted by Crippen LogP contribution is 2.36. The van der Waals surface area contributed by atoms with E-state index in [1.807, 2.05) is 48.5 Å². The molecule has 0 bridgehead atoms. The molecule has 1 aliphatic rings. The van der Waals surface area contributed by atoms with Crippen LogP contribution in [-0.4, -0.2) is 34.6 Å². The second-order valence-electron chi connectivity index (χ2n) is 10.0. The van der Waals surface area contributed by atoms with E-state index in [9.17, 15) is 9.90 Å². The monoisotopic (exact) mass is 502 g/mol. The molecule has 5 rings (SSSR count). The molecule has 0 amide bonds. The first-order valence-corrected chi connectivity index (χ1v) is 13.2. The Hall–Kier alpha value is -4.15. The number of benzene rings is 4. The molecular formula is C34H34N2O2. The van der Waals surface area contributed by atoms with Crippen LogP contribution < -0.4 is 5.32 Å². The number of aliphatic carboxylic acids is 1. The zero-order valence-electron chi connectivity index (χ0n) is 21.5. The van der Waals surface area contributed by atoms with Gasteiger partial charge in [0.1, 0.15) is 6.04 Å². The average molecular weight is 503 g/mol. The van der Waals surface area contributed by atoms with Crippen molar-refractivity contribution in [3.63, 3.8) is 0 Å². The van der Waals surface area contributed by atoms with Gasteiger partial charge in [-0.25, -0.2) is 0 Å². The van der Waals surface area contributed by atoms with Crippen LogP contribution in [0.15, 0.2) is 134 Å². The first-order valence-electron chi connectivity index (χ1n) is 13.2. The van der Waals surface area contributed by atoms with Crippen molar-refractivity contribution in [3.8, 4) is 0 Å². The molecule has 4 aromatic rings. The summed E-state index contributed by atoms with van der Waals surface area (Å²) < 4.78 is 0. The van der Waals surface area contributed by atoms with E-state index in [-0.39, 0.29) is 18.0 Å². The summed E-state index contributed by atoms with van der Waals surface area (Å²) in [6.45, 7) is 5.00. The molecule has 4 nitrogen and oxygen atoms in total. The number of nitrogens with zero attached hydrogens (tertiary/aromatic N) is 1. The van der Waals surface area contributed by atoms with Crippen molar-refractivity contribution < 1.29 is 9.90 Å². The summed E-state index contributed by atoms with van der Waals surface area (Å²) in [5.41, 5.74) is 5.60. The molecule has 1 aliphatic heterocycles. The second kappa shape index (κ2) is 11.9. The number of carboxylic acids is 1. The predicted molar refractivity (Wildman–Crippen MR) is 153 cm³/mol. The maximum Gasteiger partial charge on any atom is 0.321 e. The van der Waals surface area contributed by atoms with E-state index >= 15 is 0 Å². The third-order valence-electron chi connectivity index (χ3n) is 7.45. The molecule has 38 heavy (non-hydrogen) atoms. The summed E-state index contributed by atoms with van der Waals surface area (Å²) in [5.74, 6) is -0.616. The van der Waals surface area contributed by atoms with Gasteiger partial charge in [0.05, 0.1) is 6.04 Å². The Bertz CT molecular complexity index is 1250. The Labute approximate surface area is 225 Å². The van der Waals surface area contributed by atoms with Crippen molar-refractivity contribution >= 4 is 5.97 Å². The Balaban J connectivity index is 1.37. The van der Waals surface area contributed by atoms with E-state index in [1.165, 1.54) is 11.1 Å². The molecule has 1 saturated heterocycles. The van der Waals surface area contributed by atoms with Crippen LogP contribution in [0, 0.1) is 0 Å². The van der Waals surface area contributed by atoms with E-state index in [2.05, 4.69) is 89.6 Å². The van der Waals surface area contributed by atoms with Crippen LogP contribution in [0.1, 0.15) is 47.1 Å². The maximum atomic E-state index is 12.5. The quantitative estimate of drug-likeness (QED) is 0.256. The topological polar surface area (TPSA) is 52.6 Å². The van der Waals surface area contributed by atoms with Crippen LogP contribution in [0.2, 0.25) is 0 Å². The molecule has 4 aromatic carbocycles. The molecule has 0 aromatic heterocycles. The number of rotatable bonds is 10. The average Bonchev–Trinajstić information content (AvgIpc) is 3.37. The van der Waals surface area contributed by atoms with E-state index < -0.39 is 12.0 Å². The van der Waals surface area contributed by atoms with Crippen LogP contribution in [0.5, 0.6) is 0 Å². The molecule has 1 heterocycles. The Kier molecular flexibility index (Phi) is 8.01. The Morgan fingerprint density at radius 1 is 0.763 bits per heavy atom. The van der Waals surface area contributed by atoms with Crippen LogP contribution >= 0.6 is 0 Å². The summed E-state index contributed by atoms with van der Waals surface area (Å²) in [4.78, 5) is 14.6. The summed E-state index contributed by atoms with van der Waals surface area (Å²) >= 11 is 0. The number of carbonyl (C=O) groups is 1. The van der Waals surface area contributed by atoms with Gasteiger partial charge in [-0.3, -0.25) is 9.69 Å². The molecule has 0 radical (unpaired) electrons. The van der Waals surface area contributed by atoms with Crippen LogP contribution in [0.4, 0.5) is 0 Å². The van der Waals surface area contributed by atoms with E-state index in [0.29, 0.717) is 13.0 Å². The minimum absolute atomic E-state index is 0.00859. The van der Waals surface area contributed by atoms with Gasteiger partial charge in [-0.05, 0) is 35.1 Å². The number of hydrogen-bond acceptors (Lipinski definition) is 3. The van der Waals surface area contributed by atoms with Gasteiger partial charge in [-0.15, -0.1) is 0 Å². The number of hydrogen-bond donors (Lipinski definition) is 2. The molecule has 4 heteroatoms. The lowest BCUT2D eigenvalue weighted by Crippen LogP contribution is -2.39. The van der Waals surface area contributed by atoms with Gasteiger partial charge in [-0.1, -0.05) is 128 Å². The summed E-state index contributed by atoms with van der Waals surface area (Å²) in [5, 5.41) is 13.9. The third-order valence-corrected chi connectivity index (χ3v) is 7.45. The Morgan fingerprint density at radius 3 is 1.61 bits per heavy atom. The zero-order valence-corrected chi connectivity index (χ0v) is 21.5. The fraction of sp³-hybridized carbons (Fsp3) is 0.206. The molecule has 0 aliphatic carbocycles. The van der Waals surface area contributed by atoms with Gasteiger partial charge in [0.25, 0.3) is 0 Å². The third kappa shape index (κ3) is 5.87. The van der Waals surface area contributed by atoms with Gasteiger partial charge >= 0.3 is 5.97 Å². The number of carboxylic acid groups (broad SMARTS) is 1. The number of nitrogens with one attached hydrogen (secondary N) is 1. The predicted octanol–water partition coefficient (Wildman–Crippen LogP) is 6.63. The van der Waals surface area contributed by atoms with Crippen molar-refractivity contribution in [1.82, 2.24) is 10.2 Å². The molecule has 0 saturated carbocycles. The van der Waals surface area contributed by atoms with Gasteiger partial charge in [0.15, 0.2) is 0 Å². The largest absolute Gasteiger partial charge is 0.480 e. The molecular weight excluding hydrogens is 468 g/mol. The summed E-state index contributed by atoms with van der Waals surface area (Å²) in [7, 11) is 0. The fourth-order valence-electron chi connectivity index (χ4n) is 5.73. The van der Waals surface area contributed by atoms with Crippen molar-refractivity contribution in [2.75, 3.05) is 6.54 Å². The SMILES string of the molecule is C=C(CC(c1ccccc1)c1ccccc1)N[C@H]1C[C@@H](C(=O)O)N(C(c2ccccc2)c2ccccc2)C1. The Morgan fingerprint density at radius 2 is 1.18 bits per heavy atom. The molecule has 2 atom stereocenters. The highest BCUT2D eigenvalue weighted by molar-refractivity contribution is 5.74. The van der Waals surface area contributed by atoms with Crippen molar-refractivity contribution in [2.24, 2.45) is 0 Å². The zero-order chi connectivity index (χ0) is 26.3. The molecule has 0 spiro atoms. The summed E-state index contributed by atoms with van der Waals surface area (Å²) in [6.07, 6.45) is 1.26. The highest BCUT2D eigenvalue weighted by Gasteiger charge is 2.41. The van der Waals surface area contributed by atoms with Gasteiger partial charge in [0, 0.05) is 24.2 Å². The maximum absolute atomic E-state index is 12.5. The molecule has 0 unspecified atom stereocenters. The minimum atomic E-state index is -0.789. The lowest BCUT2D eigenvalue weighted by molar-refractivity contribution is -0.142. The van der Waals surface area contributed by atoms with Crippen LogP contribution in [0.25, 0.3) is 0 Å². The van der Waals surface area contributed by atoms with Crippen LogP contribution in [-0.2, 0) is 4.79 Å². The normalized spacial score (nSPS) is 17.5. The first kappa shape index (κ1) is 25.5. The van der Waals surface area contributed by atoms with E-state index in [4.69, 9.17) is 0 Å². The van der Waals surface area contributed by atoms with Crippen molar-refractivity contribution in [2.45, 2.75) is 36.9 Å². The molecule has 2 N–H and O–H groups in total. The number of likely N-dealkylation sites (tertiary alicyclic amines) is 1. The van der Waals surface area contributed by atoms with Crippen LogP contribution in [0.3, 0.4) is 0 Å². The van der Waals surface area contributed by atoms with Gasteiger partial charge < -0.3 is 10.4 Å². The lowest BCUT2D eigenvalue weighted by Gasteiger charge is -2.32. The molecule has 1 fully saturated rings. The first-order chi connectivity index (χ1) is 18.6. The van der Waals surface area contributed by atoms with E-state index in [0.717, 1.165) is 23.2 Å². The molecule has 192 valence electrons. The smallest absolute Gasteiger partial charge is 0.321 e. The van der Waals surface area contributed by atoms with Gasteiger partial charge in [0.2, 0.25) is 0 Å². The second-order valence-corrected chi connectivity index (χ2v) is 10.0. The van der Waals surface area contributed by atoms with Crippen molar-refractivity contribution in [3.05, 3.63) is 156 Å². The summed E-state index contributed by atoms with van der Waals surface area (Å²) in [6, 6.07) is 40.6. The van der Waals surface area contributed by atoms with E-state index in [1.54, 1.807) is 0 Å². The fourth-order valence-corrected chi connectivity index (χ4v) is 5.73. The highest BCUT2D eigenvalue weighted by atomic mass is 16.4. The lowest BCUT2D eigenvalue weighted by atomic mass is 9.87.